The highest BCUT2D eigenvalue weighted by Crippen LogP contribution is 2.12. The zero-order valence-electron chi connectivity index (χ0n) is 11.0. The molecule has 1 atom stereocenters. The van der Waals surface area contributed by atoms with Gasteiger partial charge in [-0.2, -0.15) is 0 Å². The quantitative estimate of drug-likeness (QED) is 0.827. The minimum atomic E-state index is 0.435. The van der Waals surface area contributed by atoms with E-state index in [0.29, 0.717) is 12.0 Å². The summed E-state index contributed by atoms with van der Waals surface area (Å²) in [7, 11) is 4.20. The predicted octanol–water partition coefficient (Wildman–Crippen LogP) is 2.39. The number of hydrogen-bond donors (Lipinski definition) is 1. The Labute approximate surface area is 98.9 Å². The summed E-state index contributed by atoms with van der Waals surface area (Å²) in [4.78, 5) is 6.54. The van der Waals surface area contributed by atoms with Gasteiger partial charge in [0.2, 0.25) is 0 Å². The van der Waals surface area contributed by atoms with Crippen molar-refractivity contribution < 1.29 is 0 Å². The molecule has 0 spiro atoms. The molecule has 1 rings (SSSR count). The molecule has 0 radical (unpaired) electrons. The van der Waals surface area contributed by atoms with Gasteiger partial charge in [0.25, 0.3) is 0 Å². The van der Waals surface area contributed by atoms with Gasteiger partial charge in [0.15, 0.2) is 0 Å². The second kappa shape index (κ2) is 5.85. The van der Waals surface area contributed by atoms with E-state index in [1.807, 2.05) is 12.3 Å². The van der Waals surface area contributed by atoms with E-state index in [1.165, 1.54) is 5.56 Å². The molecule has 90 valence electrons. The Morgan fingerprint density at radius 2 is 2.06 bits per heavy atom. The lowest BCUT2D eigenvalue weighted by molar-refractivity contribution is 0.344. The number of aryl methyl sites for hydroxylation is 1. The number of pyridine rings is 1. The van der Waals surface area contributed by atoms with E-state index in [-0.39, 0.29) is 0 Å². The van der Waals surface area contributed by atoms with Crippen molar-refractivity contribution in [3.63, 3.8) is 0 Å². The molecular formula is C13H23N3. The van der Waals surface area contributed by atoms with Crippen molar-refractivity contribution in [2.24, 2.45) is 5.92 Å². The van der Waals surface area contributed by atoms with Gasteiger partial charge in [-0.05, 0) is 44.6 Å². The summed E-state index contributed by atoms with van der Waals surface area (Å²) >= 11 is 0. The van der Waals surface area contributed by atoms with Gasteiger partial charge in [-0.3, -0.25) is 0 Å². The van der Waals surface area contributed by atoms with Crippen molar-refractivity contribution in [3.05, 3.63) is 23.9 Å². The molecule has 1 N–H and O–H groups in total. The molecule has 0 amide bonds. The van der Waals surface area contributed by atoms with Gasteiger partial charge in [0.05, 0.1) is 0 Å². The summed E-state index contributed by atoms with van der Waals surface area (Å²) in [6, 6.07) is 4.54. The van der Waals surface area contributed by atoms with Crippen molar-refractivity contribution in [2.75, 3.05) is 26.0 Å². The van der Waals surface area contributed by atoms with E-state index in [2.05, 4.69) is 56.1 Å². The highest BCUT2D eigenvalue weighted by molar-refractivity contribution is 5.38. The first-order valence-corrected chi connectivity index (χ1v) is 5.83. The van der Waals surface area contributed by atoms with Gasteiger partial charge in [-0.25, -0.2) is 4.98 Å². The van der Waals surface area contributed by atoms with Gasteiger partial charge >= 0.3 is 0 Å². The Hall–Kier alpha value is -1.09. The first kappa shape index (κ1) is 13.0. The van der Waals surface area contributed by atoms with Crippen LogP contribution in [-0.4, -0.2) is 36.6 Å². The molecule has 1 unspecified atom stereocenters. The second-order valence-corrected chi connectivity index (χ2v) is 4.98. The van der Waals surface area contributed by atoms with Crippen LogP contribution < -0.4 is 5.32 Å². The standard InChI is InChI=1S/C13H23N3/c1-10(2)12(9-16(4)5)15-13-8-11(3)6-7-14-13/h6-8,10,12H,9H2,1-5H3,(H,14,15). The first-order chi connectivity index (χ1) is 7.49. The Morgan fingerprint density at radius 3 is 2.56 bits per heavy atom. The predicted molar refractivity (Wildman–Crippen MR) is 69.8 cm³/mol. The van der Waals surface area contributed by atoms with Crippen LogP contribution in [0.2, 0.25) is 0 Å². The lowest BCUT2D eigenvalue weighted by Crippen LogP contribution is -2.36. The lowest BCUT2D eigenvalue weighted by atomic mass is 10.0. The molecule has 16 heavy (non-hydrogen) atoms. The van der Waals surface area contributed by atoms with E-state index in [0.717, 1.165) is 12.4 Å². The van der Waals surface area contributed by atoms with Crippen molar-refractivity contribution >= 4 is 5.82 Å². The van der Waals surface area contributed by atoms with Gasteiger partial charge in [0, 0.05) is 18.8 Å². The van der Waals surface area contributed by atoms with Gasteiger partial charge in [-0.1, -0.05) is 13.8 Å². The number of rotatable bonds is 5. The fourth-order valence-corrected chi connectivity index (χ4v) is 1.62. The molecule has 3 heteroatoms. The highest BCUT2D eigenvalue weighted by atomic mass is 15.1. The molecule has 0 saturated carbocycles. The average Bonchev–Trinajstić information content (AvgIpc) is 2.15. The van der Waals surface area contributed by atoms with Crippen molar-refractivity contribution in [3.8, 4) is 0 Å². The molecule has 1 aromatic heterocycles. The van der Waals surface area contributed by atoms with Crippen LogP contribution in [0, 0.1) is 12.8 Å². The Kier molecular flexibility index (Phi) is 4.74. The summed E-state index contributed by atoms with van der Waals surface area (Å²) in [5, 5.41) is 3.50. The maximum absolute atomic E-state index is 4.34. The van der Waals surface area contributed by atoms with Crippen LogP contribution >= 0.6 is 0 Å². The van der Waals surface area contributed by atoms with Crippen molar-refractivity contribution in [1.29, 1.82) is 0 Å². The van der Waals surface area contributed by atoms with E-state index in [9.17, 15) is 0 Å². The molecule has 1 aromatic rings. The minimum Gasteiger partial charge on any atom is -0.366 e. The summed E-state index contributed by atoms with van der Waals surface area (Å²) in [6.07, 6.45) is 1.85. The summed E-state index contributed by atoms with van der Waals surface area (Å²) < 4.78 is 0. The third kappa shape index (κ3) is 4.19. The van der Waals surface area contributed by atoms with E-state index in [4.69, 9.17) is 0 Å². The zero-order valence-corrected chi connectivity index (χ0v) is 11.0. The molecule has 0 aliphatic carbocycles. The number of likely N-dealkylation sites (N-methyl/N-ethyl adjacent to an activating group) is 1. The van der Waals surface area contributed by atoms with E-state index < -0.39 is 0 Å². The molecule has 0 aliphatic rings. The van der Waals surface area contributed by atoms with Crippen LogP contribution in [0.4, 0.5) is 5.82 Å². The molecular weight excluding hydrogens is 198 g/mol. The van der Waals surface area contributed by atoms with Crippen LogP contribution in [0.25, 0.3) is 0 Å². The number of nitrogens with one attached hydrogen (secondary N) is 1. The van der Waals surface area contributed by atoms with Gasteiger partial charge in [-0.15, -0.1) is 0 Å². The number of hydrogen-bond acceptors (Lipinski definition) is 3. The lowest BCUT2D eigenvalue weighted by Gasteiger charge is -2.26. The van der Waals surface area contributed by atoms with Crippen LogP contribution in [0.1, 0.15) is 19.4 Å². The molecule has 0 fully saturated rings. The summed E-state index contributed by atoms with van der Waals surface area (Å²) in [5.74, 6) is 1.56. The third-order valence-corrected chi connectivity index (χ3v) is 2.62. The maximum Gasteiger partial charge on any atom is 0.126 e. The molecule has 0 aromatic carbocycles. The normalized spacial score (nSPS) is 13.2. The Bertz CT molecular complexity index is 321. The van der Waals surface area contributed by atoms with Crippen LogP contribution in [0.15, 0.2) is 18.3 Å². The fraction of sp³-hybridized carbons (Fsp3) is 0.615. The van der Waals surface area contributed by atoms with E-state index in [1.54, 1.807) is 0 Å². The smallest absolute Gasteiger partial charge is 0.126 e. The fourth-order valence-electron chi connectivity index (χ4n) is 1.62. The zero-order chi connectivity index (χ0) is 12.1. The average molecular weight is 221 g/mol. The molecule has 3 nitrogen and oxygen atoms in total. The SMILES string of the molecule is Cc1ccnc(NC(CN(C)C)C(C)C)c1. The largest absolute Gasteiger partial charge is 0.366 e. The summed E-state index contributed by atoms with van der Waals surface area (Å²) in [5.41, 5.74) is 1.24. The second-order valence-electron chi connectivity index (χ2n) is 4.98. The summed E-state index contributed by atoms with van der Waals surface area (Å²) in [6.45, 7) is 7.57. The molecule has 0 aliphatic heterocycles. The Balaban J connectivity index is 2.68. The van der Waals surface area contributed by atoms with Crippen LogP contribution in [0.3, 0.4) is 0 Å². The van der Waals surface area contributed by atoms with Gasteiger partial charge < -0.3 is 10.2 Å². The van der Waals surface area contributed by atoms with Crippen LogP contribution in [-0.2, 0) is 0 Å². The van der Waals surface area contributed by atoms with Crippen molar-refractivity contribution in [2.45, 2.75) is 26.8 Å². The number of aromatic nitrogens is 1. The third-order valence-electron chi connectivity index (χ3n) is 2.62. The topological polar surface area (TPSA) is 28.2 Å². The molecule has 0 saturated heterocycles. The number of nitrogens with zero attached hydrogens (tertiary/aromatic N) is 2. The first-order valence-electron chi connectivity index (χ1n) is 5.83. The maximum atomic E-state index is 4.34. The van der Waals surface area contributed by atoms with Gasteiger partial charge in [0.1, 0.15) is 5.82 Å². The number of anilines is 1. The Morgan fingerprint density at radius 1 is 1.38 bits per heavy atom. The molecule has 0 bridgehead atoms. The minimum absolute atomic E-state index is 0.435. The monoisotopic (exact) mass is 221 g/mol. The highest BCUT2D eigenvalue weighted by Gasteiger charge is 2.14. The molecule has 1 heterocycles. The van der Waals surface area contributed by atoms with Crippen molar-refractivity contribution in [1.82, 2.24) is 9.88 Å². The van der Waals surface area contributed by atoms with E-state index >= 15 is 0 Å². The van der Waals surface area contributed by atoms with Crippen LogP contribution in [0.5, 0.6) is 0 Å².